The molecular weight excluding hydrogens is 499 g/mol. The summed E-state index contributed by atoms with van der Waals surface area (Å²) in [6.45, 7) is 6.80. The van der Waals surface area contributed by atoms with Gasteiger partial charge in [0.1, 0.15) is 5.75 Å². The highest BCUT2D eigenvalue weighted by atomic mass is 35.5. The quantitative estimate of drug-likeness (QED) is 0.509. The molecule has 1 saturated heterocycles. The summed E-state index contributed by atoms with van der Waals surface area (Å²) in [6.07, 6.45) is 1.26. The molecular formula is C25H31Cl3N2O4. The largest absolute Gasteiger partial charge is 0.483 e. The Bertz CT molecular complexity index is 973. The van der Waals surface area contributed by atoms with Crippen LogP contribution in [-0.4, -0.2) is 72.5 Å². The van der Waals surface area contributed by atoms with Crippen molar-refractivity contribution in [1.29, 1.82) is 0 Å². The van der Waals surface area contributed by atoms with Gasteiger partial charge >= 0.3 is 0 Å². The SMILES string of the molecule is CC(C=O)Oc1ccc(Cl)cc1CCN1CCN(C(=O)Cc2ccc(Cl)cc2Cl)C(C)C1.CO. The number of benzene rings is 2. The highest BCUT2D eigenvalue weighted by molar-refractivity contribution is 6.35. The zero-order valence-corrected chi connectivity index (χ0v) is 21.9. The van der Waals surface area contributed by atoms with Gasteiger partial charge in [-0.2, -0.15) is 0 Å². The molecule has 0 spiro atoms. The molecule has 0 aliphatic carbocycles. The van der Waals surface area contributed by atoms with E-state index in [2.05, 4.69) is 11.8 Å². The van der Waals surface area contributed by atoms with Gasteiger partial charge in [-0.25, -0.2) is 0 Å². The van der Waals surface area contributed by atoms with Gasteiger partial charge < -0.3 is 14.7 Å². The maximum atomic E-state index is 12.9. The van der Waals surface area contributed by atoms with Crippen LogP contribution in [-0.2, 0) is 22.4 Å². The maximum absolute atomic E-state index is 12.9. The van der Waals surface area contributed by atoms with E-state index in [1.807, 2.05) is 11.0 Å². The van der Waals surface area contributed by atoms with Crippen LogP contribution in [0.15, 0.2) is 36.4 Å². The third-order valence-corrected chi connectivity index (χ3v) is 6.44. The second-order valence-electron chi connectivity index (χ2n) is 8.11. The summed E-state index contributed by atoms with van der Waals surface area (Å²) < 4.78 is 5.72. The molecule has 2 aromatic carbocycles. The van der Waals surface area contributed by atoms with Crippen molar-refractivity contribution < 1.29 is 19.4 Å². The molecule has 0 bridgehead atoms. The molecule has 1 fully saturated rings. The third-order valence-electron chi connectivity index (χ3n) is 5.61. The van der Waals surface area contributed by atoms with E-state index in [4.69, 9.17) is 44.6 Å². The van der Waals surface area contributed by atoms with Gasteiger partial charge in [0.2, 0.25) is 5.91 Å². The fourth-order valence-electron chi connectivity index (χ4n) is 3.90. The van der Waals surface area contributed by atoms with Crippen molar-refractivity contribution in [2.24, 2.45) is 0 Å². The van der Waals surface area contributed by atoms with Crippen LogP contribution >= 0.6 is 34.8 Å². The van der Waals surface area contributed by atoms with E-state index in [1.165, 1.54) is 0 Å². The fraction of sp³-hybridized carbons (Fsp3) is 0.440. The van der Waals surface area contributed by atoms with Crippen LogP contribution in [0.1, 0.15) is 25.0 Å². The van der Waals surface area contributed by atoms with E-state index in [0.717, 1.165) is 50.6 Å². The second-order valence-corrected chi connectivity index (χ2v) is 9.39. The van der Waals surface area contributed by atoms with Gasteiger partial charge in [-0.15, -0.1) is 0 Å². The van der Waals surface area contributed by atoms with Crippen molar-refractivity contribution in [3.8, 4) is 5.75 Å². The normalized spacial score (nSPS) is 16.9. The predicted molar refractivity (Wildman–Crippen MR) is 137 cm³/mol. The summed E-state index contributed by atoms with van der Waals surface area (Å²) >= 11 is 18.4. The molecule has 0 saturated carbocycles. The van der Waals surface area contributed by atoms with Gasteiger partial charge in [0.15, 0.2) is 12.4 Å². The minimum Gasteiger partial charge on any atom is -0.483 e. The standard InChI is InChI=1S/C24H27Cl3N2O3.CH4O/c1-16-14-28(8-7-19-11-20(25)5-6-23(19)32-17(2)15-30)9-10-29(16)24(31)12-18-3-4-21(26)13-22(18)27;1-2/h3-6,11,13,15-17H,7-10,12,14H2,1-2H3;2H,1H3. The number of carbonyl (C=O) groups excluding carboxylic acids is 2. The Labute approximate surface area is 216 Å². The van der Waals surface area contributed by atoms with Crippen molar-refractivity contribution in [3.05, 3.63) is 62.6 Å². The number of carbonyl (C=O) groups is 2. The minimum absolute atomic E-state index is 0.0646. The zero-order chi connectivity index (χ0) is 25.3. The van der Waals surface area contributed by atoms with Crippen LogP contribution < -0.4 is 4.74 Å². The van der Waals surface area contributed by atoms with Gasteiger partial charge in [-0.05, 0) is 61.7 Å². The summed E-state index contributed by atoms with van der Waals surface area (Å²) in [6, 6.07) is 10.8. The summed E-state index contributed by atoms with van der Waals surface area (Å²) in [7, 11) is 1.00. The van der Waals surface area contributed by atoms with Crippen molar-refractivity contribution in [2.45, 2.75) is 38.8 Å². The molecule has 1 heterocycles. The fourth-order valence-corrected chi connectivity index (χ4v) is 4.57. The Balaban J connectivity index is 0.00000199. The van der Waals surface area contributed by atoms with E-state index in [-0.39, 0.29) is 18.4 Å². The molecule has 34 heavy (non-hydrogen) atoms. The first kappa shape index (κ1) is 28.4. The number of aliphatic hydroxyl groups is 1. The van der Waals surface area contributed by atoms with Crippen LogP contribution in [0.5, 0.6) is 5.75 Å². The lowest BCUT2D eigenvalue weighted by molar-refractivity contribution is -0.134. The Morgan fingerprint density at radius 1 is 1.12 bits per heavy atom. The smallest absolute Gasteiger partial charge is 0.227 e. The number of rotatable bonds is 8. The average molecular weight is 530 g/mol. The first-order valence-corrected chi connectivity index (χ1v) is 12.2. The Morgan fingerprint density at radius 2 is 1.79 bits per heavy atom. The molecule has 186 valence electrons. The summed E-state index contributed by atoms with van der Waals surface area (Å²) in [5.41, 5.74) is 1.75. The minimum atomic E-state index is -0.515. The lowest BCUT2D eigenvalue weighted by Crippen LogP contribution is -2.54. The van der Waals surface area contributed by atoms with Gasteiger partial charge in [0, 0.05) is 54.4 Å². The van der Waals surface area contributed by atoms with Crippen LogP contribution in [0.25, 0.3) is 0 Å². The van der Waals surface area contributed by atoms with Crippen LogP contribution in [0.4, 0.5) is 0 Å². The van der Waals surface area contributed by atoms with Crippen LogP contribution in [0.3, 0.4) is 0 Å². The van der Waals surface area contributed by atoms with Gasteiger partial charge in [-0.3, -0.25) is 14.5 Å². The predicted octanol–water partition coefficient (Wildman–Crippen LogP) is 4.54. The number of nitrogens with zero attached hydrogens (tertiary/aromatic N) is 2. The van der Waals surface area contributed by atoms with Crippen LogP contribution in [0.2, 0.25) is 15.1 Å². The van der Waals surface area contributed by atoms with Gasteiger partial charge in [0.05, 0.1) is 6.42 Å². The molecule has 2 atom stereocenters. The summed E-state index contributed by atoms with van der Waals surface area (Å²) in [5.74, 6) is 0.741. The Kier molecular flexibility index (Phi) is 11.6. The van der Waals surface area contributed by atoms with Crippen molar-refractivity contribution in [3.63, 3.8) is 0 Å². The van der Waals surface area contributed by atoms with Crippen molar-refractivity contribution in [2.75, 3.05) is 33.3 Å². The molecule has 1 amide bonds. The van der Waals surface area contributed by atoms with Gasteiger partial charge in [0.25, 0.3) is 0 Å². The molecule has 1 aliphatic heterocycles. The number of aliphatic hydroxyl groups excluding tert-OH is 1. The number of halogens is 3. The van der Waals surface area contributed by atoms with E-state index in [1.54, 1.807) is 37.3 Å². The molecule has 6 nitrogen and oxygen atoms in total. The Hall–Kier alpha value is -1.83. The van der Waals surface area contributed by atoms with Gasteiger partial charge in [-0.1, -0.05) is 40.9 Å². The summed E-state index contributed by atoms with van der Waals surface area (Å²) in [4.78, 5) is 28.1. The second kappa shape index (κ2) is 13.9. The van der Waals surface area contributed by atoms with E-state index < -0.39 is 6.10 Å². The lowest BCUT2D eigenvalue weighted by Gasteiger charge is -2.40. The third kappa shape index (κ3) is 8.14. The lowest BCUT2D eigenvalue weighted by atomic mass is 10.1. The molecule has 9 heteroatoms. The Morgan fingerprint density at radius 3 is 2.44 bits per heavy atom. The first-order valence-electron chi connectivity index (χ1n) is 11.1. The molecule has 1 N–H and O–H groups in total. The molecule has 3 rings (SSSR count). The average Bonchev–Trinajstić information content (AvgIpc) is 2.82. The highest BCUT2D eigenvalue weighted by Crippen LogP contribution is 2.26. The van der Waals surface area contributed by atoms with Crippen molar-refractivity contribution in [1.82, 2.24) is 9.80 Å². The zero-order valence-electron chi connectivity index (χ0n) is 19.6. The number of amides is 1. The molecule has 1 aliphatic rings. The number of hydrogen-bond acceptors (Lipinski definition) is 5. The van der Waals surface area contributed by atoms with Crippen LogP contribution in [0, 0.1) is 0 Å². The molecule has 2 aromatic rings. The number of hydrogen-bond donors (Lipinski definition) is 1. The van der Waals surface area contributed by atoms with E-state index >= 15 is 0 Å². The monoisotopic (exact) mass is 528 g/mol. The number of aldehydes is 1. The summed E-state index contributed by atoms with van der Waals surface area (Å²) in [5, 5.41) is 8.71. The molecule has 0 radical (unpaired) electrons. The van der Waals surface area contributed by atoms with E-state index in [9.17, 15) is 9.59 Å². The van der Waals surface area contributed by atoms with E-state index in [0.29, 0.717) is 27.4 Å². The molecule has 2 unspecified atom stereocenters. The number of ether oxygens (including phenoxy) is 1. The highest BCUT2D eigenvalue weighted by Gasteiger charge is 2.27. The maximum Gasteiger partial charge on any atom is 0.227 e. The first-order chi connectivity index (χ1) is 16.3. The topological polar surface area (TPSA) is 70.1 Å². The number of piperazine rings is 1. The molecule has 0 aromatic heterocycles. The van der Waals surface area contributed by atoms with Crippen molar-refractivity contribution >= 4 is 47.0 Å².